The molecular weight excluding hydrogens is 429 g/mol. The number of nitrogens with zero attached hydrogens (tertiary/aromatic N) is 1. The van der Waals surface area contributed by atoms with Gasteiger partial charge in [0.1, 0.15) is 5.54 Å². The van der Waals surface area contributed by atoms with Crippen LogP contribution in [0.5, 0.6) is 0 Å². The monoisotopic (exact) mass is 447 g/mol. The summed E-state index contributed by atoms with van der Waals surface area (Å²) in [6, 6.07) is 10.5. The van der Waals surface area contributed by atoms with Crippen molar-refractivity contribution in [2.24, 2.45) is 0 Å². The summed E-state index contributed by atoms with van der Waals surface area (Å²) < 4.78 is 0. The maximum absolute atomic E-state index is 12.9. The molecule has 0 bridgehead atoms. The van der Waals surface area contributed by atoms with Crippen molar-refractivity contribution in [1.82, 2.24) is 10.2 Å². The van der Waals surface area contributed by atoms with E-state index >= 15 is 0 Å². The number of ketones is 1. The zero-order chi connectivity index (χ0) is 22.1. The van der Waals surface area contributed by atoms with Gasteiger partial charge in [-0.3, -0.25) is 19.3 Å². The number of halogens is 2. The fourth-order valence-corrected chi connectivity index (χ4v) is 3.44. The molecule has 0 saturated carbocycles. The van der Waals surface area contributed by atoms with Crippen LogP contribution in [0.1, 0.15) is 36.2 Å². The van der Waals surface area contributed by atoms with Gasteiger partial charge in [-0.25, -0.2) is 4.79 Å². The van der Waals surface area contributed by atoms with Crippen LogP contribution >= 0.6 is 23.2 Å². The Kier molecular flexibility index (Phi) is 6.14. The van der Waals surface area contributed by atoms with E-state index in [1.807, 2.05) is 0 Å². The smallest absolute Gasteiger partial charge is 0.325 e. The summed E-state index contributed by atoms with van der Waals surface area (Å²) in [7, 11) is 0. The van der Waals surface area contributed by atoms with Gasteiger partial charge < -0.3 is 10.6 Å². The molecular formula is C21H19Cl2N3O4. The summed E-state index contributed by atoms with van der Waals surface area (Å²) in [5.74, 6) is -1.26. The van der Waals surface area contributed by atoms with Gasteiger partial charge in [-0.05, 0) is 44.2 Å². The molecule has 4 amide bonds. The minimum atomic E-state index is -1.00. The first-order valence-electron chi connectivity index (χ1n) is 9.13. The summed E-state index contributed by atoms with van der Waals surface area (Å²) in [4.78, 5) is 50.5. The number of hydrogen-bond acceptors (Lipinski definition) is 4. The first kappa shape index (κ1) is 21.8. The van der Waals surface area contributed by atoms with E-state index in [0.29, 0.717) is 5.02 Å². The molecule has 1 aliphatic rings. The number of hydrogen-bond donors (Lipinski definition) is 2. The molecule has 2 aromatic rings. The molecule has 0 aromatic heterocycles. The maximum atomic E-state index is 12.9. The Labute approximate surface area is 183 Å². The van der Waals surface area contributed by atoms with Crippen molar-refractivity contribution in [1.29, 1.82) is 0 Å². The zero-order valence-corrected chi connectivity index (χ0v) is 17.8. The average molecular weight is 448 g/mol. The van der Waals surface area contributed by atoms with Gasteiger partial charge in [-0.1, -0.05) is 35.3 Å². The molecule has 1 heterocycles. The molecule has 1 aliphatic heterocycles. The zero-order valence-electron chi connectivity index (χ0n) is 16.3. The van der Waals surface area contributed by atoms with E-state index < -0.39 is 29.2 Å². The number of imide groups is 1. The SMILES string of the molecule is CC1(C)NC(=O)N(CCC(=O)Nc2ccc(Cl)cc2C(=O)c2ccccc2Cl)C1=O. The predicted molar refractivity (Wildman–Crippen MR) is 114 cm³/mol. The summed E-state index contributed by atoms with van der Waals surface area (Å²) in [6.07, 6.45) is -0.127. The Morgan fingerprint density at radius 2 is 1.77 bits per heavy atom. The second kappa shape index (κ2) is 8.45. The number of rotatable bonds is 6. The van der Waals surface area contributed by atoms with Gasteiger partial charge >= 0.3 is 6.03 Å². The first-order valence-corrected chi connectivity index (χ1v) is 9.88. The van der Waals surface area contributed by atoms with Crippen molar-refractivity contribution in [2.75, 3.05) is 11.9 Å². The highest BCUT2D eigenvalue weighted by atomic mass is 35.5. The van der Waals surface area contributed by atoms with Gasteiger partial charge in [-0.2, -0.15) is 0 Å². The van der Waals surface area contributed by atoms with Gasteiger partial charge in [-0.15, -0.1) is 0 Å². The molecule has 9 heteroatoms. The number of nitrogens with one attached hydrogen (secondary N) is 2. The molecule has 3 rings (SSSR count). The quantitative estimate of drug-likeness (QED) is 0.518. The number of benzene rings is 2. The molecule has 0 unspecified atom stereocenters. The number of carbonyl (C=O) groups is 4. The minimum Gasteiger partial charge on any atom is -0.325 e. The van der Waals surface area contributed by atoms with Gasteiger partial charge in [0.25, 0.3) is 5.91 Å². The Bertz CT molecular complexity index is 1050. The topological polar surface area (TPSA) is 95.6 Å². The Morgan fingerprint density at radius 1 is 1.07 bits per heavy atom. The van der Waals surface area contributed by atoms with Crippen molar-refractivity contribution in [2.45, 2.75) is 25.8 Å². The van der Waals surface area contributed by atoms with Crippen LogP contribution in [-0.2, 0) is 9.59 Å². The summed E-state index contributed by atoms with van der Waals surface area (Å²) in [6.45, 7) is 3.10. The third-order valence-corrected chi connectivity index (χ3v) is 5.19. The van der Waals surface area contributed by atoms with Crippen molar-refractivity contribution in [3.05, 3.63) is 63.6 Å². The molecule has 156 valence electrons. The third kappa shape index (κ3) is 4.47. The highest BCUT2D eigenvalue weighted by Gasteiger charge is 2.44. The van der Waals surface area contributed by atoms with E-state index in [1.54, 1.807) is 44.2 Å². The second-order valence-corrected chi connectivity index (χ2v) is 8.15. The predicted octanol–water partition coefficient (Wildman–Crippen LogP) is 3.88. The van der Waals surface area contributed by atoms with Crippen LogP contribution in [0.4, 0.5) is 10.5 Å². The average Bonchev–Trinajstić information content (AvgIpc) is 2.88. The summed E-state index contributed by atoms with van der Waals surface area (Å²) in [5.41, 5.74) is -0.288. The highest BCUT2D eigenvalue weighted by molar-refractivity contribution is 6.36. The number of urea groups is 1. The molecule has 2 N–H and O–H groups in total. The Balaban J connectivity index is 1.75. The van der Waals surface area contributed by atoms with Crippen LogP contribution in [0, 0.1) is 0 Å². The van der Waals surface area contributed by atoms with Gasteiger partial charge in [0.2, 0.25) is 5.91 Å². The number of amides is 4. The fraction of sp³-hybridized carbons (Fsp3) is 0.238. The van der Waals surface area contributed by atoms with E-state index in [1.165, 1.54) is 12.1 Å². The largest absolute Gasteiger partial charge is 0.325 e. The Morgan fingerprint density at radius 3 is 2.40 bits per heavy atom. The van der Waals surface area contributed by atoms with E-state index in [9.17, 15) is 19.2 Å². The van der Waals surface area contributed by atoms with Gasteiger partial charge in [0.15, 0.2) is 5.78 Å². The van der Waals surface area contributed by atoms with Crippen LogP contribution < -0.4 is 10.6 Å². The number of anilines is 1. The van der Waals surface area contributed by atoms with Crippen LogP contribution in [0.2, 0.25) is 10.0 Å². The first-order chi connectivity index (χ1) is 14.1. The molecule has 0 atom stereocenters. The lowest BCUT2D eigenvalue weighted by atomic mass is 10.0. The number of carbonyl (C=O) groups excluding carboxylic acids is 4. The summed E-state index contributed by atoms with van der Waals surface area (Å²) in [5, 5.41) is 5.81. The lowest BCUT2D eigenvalue weighted by Gasteiger charge is -2.16. The van der Waals surface area contributed by atoms with Crippen molar-refractivity contribution in [3.63, 3.8) is 0 Å². The van der Waals surface area contributed by atoms with E-state index in [4.69, 9.17) is 23.2 Å². The molecule has 0 spiro atoms. The van der Waals surface area contributed by atoms with Gasteiger partial charge in [0, 0.05) is 29.1 Å². The second-order valence-electron chi connectivity index (χ2n) is 7.31. The molecule has 7 nitrogen and oxygen atoms in total. The molecule has 1 saturated heterocycles. The van der Waals surface area contributed by atoms with Gasteiger partial charge in [0.05, 0.1) is 10.7 Å². The third-order valence-electron chi connectivity index (χ3n) is 4.63. The molecule has 30 heavy (non-hydrogen) atoms. The standard InChI is InChI=1S/C21H19Cl2N3O4/c1-21(2)19(29)26(20(30)25-21)10-9-17(27)24-16-8-7-12(22)11-14(16)18(28)13-5-3-4-6-15(13)23/h3-8,11H,9-10H2,1-2H3,(H,24,27)(H,25,30). The van der Waals surface area contributed by atoms with E-state index in [2.05, 4.69) is 10.6 Å². The van der Waals surface area contributed by atoms with Crippen LogP contribution in [0.25, 0.3) is 0 Å². The van der Waals surface area contributed by atoms with E-state index in [-0.39, 0.29) is 34.8 Å². The molecule has 2 aromatic carbocycles. The molecule has 1 fully saturated rings. The molecule has 0 aliphatic carbocycles. The van der Waals surface area contributed by atoms with Crippen LogP contribution in [0.3, 0.4) is 0 Å². The Hall–Kier alpha value is -2.90. The fourth-order valence-electron chi connectivity index (χ4n) is 3.05. The van der Waals surface area contributed by atoms with Crippen molar-refractivity contribution in [3.8, 4) is 0 Å². The minimum absolute atomic E-state index is 0.0820. The molecule has 0 radical (unpaired) electrons. The van der Waals surface area contributed by atoms with E-state index in [0.717, 1.165) is 4.90 Å². The van der Waals surface area contributed by atoms with Crippen molar-refractivity contribution >= 4 is 52.5 Å². The summed E-state index contributed by atoms with van der Waals surface area (Å²) >= 11 is 12.2. The maximum Gasteiger partial charge on any atom is 0.325 e. The highest BCUT2D eigenvalue weighted by Crippen LogP contribution is 2.27. The lowest BCUT2D eigenvalue weighted by Crippen LogP contribution is -2.40. The normalized spacial score (nSPS) is 15.1. The van der Waals surface area contributed by atoms with Crippen LogP contribution in [0.15, 0.2) is 42.5 Å². The lowest BCUT2D eigenvalue weighted by molar-refractivity contribution is -0.130. The van der Waals surface area contributed by atoms with Crippen molar-refractivity contribution < 1.29 is 19.2 Å². The van der Waals surface area contributed by atoms with Crippen LogP contribution in [-0.4, -0.2) is 40.6 Å².